The molecule has 3 nitrogen and oxygen atoms in total. The van der Waals surface area contributed by atoms with Gasteiger partial charge in [0.15, 0.2) is 5.78 Å². The molecule has 0 unspecified atom stereocenters. The van der Waals surface area contributed by atoms with Crippen LogP contribution in [0.15, 0.2) is 6.20 Å². The molecule has 1 heterocycles. The van der Waals surface area contributed by atoms with Crippen molar-refractivity contribution in [3.05, 3.63) is 22.2 Å². The van der Waals surface area contributed by atoms with Crippen molar-refractivity contribution in [1.82, 2.24) is 9.97 Å². The van der Waals surface area contributed by atoms with Gasteiger partial charge in [0.2, 0.25) is 5.28 Å². The number of carbonyl (C=O) groups is 1. The molecule has 0 aliphatic heterocycles. The van der Waals surface area contributed by atoms with E-state index in [4.69, 9.17) is 23.2 Å². The van der Waals surface area contributed by atoms with Crippen molar-refractivity contribution in [2.45, 2.75) is 19.0 Å². The molecule has 16 heavy (non-hydrogen) atoms. The predicted molar refractivity (Wildman–Crippen MR) is 51.7 cm³/mol. The molecule has 0 radical (unpaired) electrons. The zero-order valence-corrected chi connectivity index (χ0v) is 9.20. The molecule has 0 aliphatic rings. The van der Waals surface area contributed by atoms with Crippen molar-refractivity contribution in [2.24, 2.45) is 0 Å². The van der Waals surface area contributed by atoms with E-state index in [-0.39, 0.29) is 16.0 Å². The summed E-state index contributed by atoms with van der Waals surface area (Å²) in [6.07, 6.45) is -5.26. The lowest BCUT2D eigenvalue weighted by Gasteiger charge is -2.05. The van der Waals surface area contributed by atoms with Crippen molar-refractivity contribution in [2.75, 3.05) is 0 Å². The van der Waals surface area contributed by atoms with Gasteiger partial charge in [0.05, 0.1) is 12.0 Å². The number of rotatable bonds is 3. The number of halogens is 5. The number of hydrogen-bond acceptors (Lipinski definition) is 3. The maximum Gasteiger partial charge on any atom is 0.389 e. The van der Waals surface area contributed by atoms with Gasteiger partial charge in [0.1, 0.15) is 5.15 Å². The number of hydrogen-bond donors (Lipinski definition) is 0. The zero-order chi connectivity index (χ0) is 12.3. The van der Waals surface area contributed by atoms with Crippen LogP contribution in [0.2, 0.25) is 10.4 Å². The summed E-state index contributed by atoms with van der Waals surface area (Å²) < 4.78 is 35.6. The fourth-order valence-corrected chi connectivity index (χ4v) is 1.33. The molecule has 1 aromatic rings. The molecular formula is C8H5Cl2F3N2O. The first kappa shape index (κ1) is 13.2. The van der Waals surface area contributed by atoms with Crippen LogP contribution in [0.25, 0.3) is 0 Å². The Balaban J connectivity index is 2.74. The fraction of sp³-hybridized carbons (Fsp3) is 0.375. The van der Waals surface area contributed by atoms with Gasteiger partial charge in [-0.1, -0.05) is 11.6 Å². The number of aromatic nitrogens is 2. The summed E-state index contributed by atoms with van der Waals surface area (Å²) in [5.74, 6) is -0.765. The maximum absolute atomic E-state index is 11.9. The Bertz CT molecular complexity index is 409. The molecule has 0 aromatic carbocycles. The standard InChI is InChI=1S/C8H5Cl2F3N2O/c9-6-4(3-14-7(10)15-6)5(16)1-2-8(11,12)13/h3H,1-2H2. The summed E-state index contributed by atoms with van der Waals surface area (Å²) in [7, 11) is 0. The quantitative estimate of drug-likeness (QED) is 0.482. The Morgan fingerprint density at radius 3 is 2.50 bits per heavy atom. The maximum atomic E-state index is 11.9. The molecule has 0 N–H and O–H groups in total. The molecule has 0 aliphatic carbocycles. The average molecular weight is 273 g/mol. The van der Waals surface area contributed by atoms with Crippen molar-refractivity contribution in [3.8, 4) is 0 Å². The normalized spacial score (nSPS) is 11.6. The molecule has 0 saturated carbocycles. The molecule has 88 valence electrons. The highest BCUT2D eigenvalue weighted by atomic mass is 35.5. The highest BCUT2D eigenvalue weighted by Gasteiger charge is 2.28. The van der Waals surface area contributed by atoms with Gasteiger partial charge in [-0.25, -0.2) is 9.97 Å². The monoisotopic (exact) mass is 272 g/mol. The smallest absolute Gasteiger partial charge is 0.294 e. The molecule has 0 atom stereocenters. The van der Waals surface area contributed by atoms with Crippen LogP contribution in [0.4, 0.5) is 13.2 Å². The number of alkyl halides is 3. The largest absolute Gasteiger partial charge is 0.389 e. The molecule has 0 fully saturated rings. The summed E-state index contributed by atoms with van der Waals surface area (Å²) in [6, 6.07) is 0. The first-order chi connectivity index (χ1) is 7.29. The molecule has 1 aromatic heterocycles. The summed E-state index contributed by atoms with van der Waals surface area (Å²) in [4.78, 5) is 18.2. The lowest BCUT2D eigenvalue weighted by molar-refractivity contribution is -0.133. The van der Waals surface area contributed by atoms with E-state index in [9.17, 15) is 18.0 Å². The van der Waals surface area contributed by atoms with Crippen LogP contribution in [-0.2, 0) is 0 Å². The van der Waals surface area contributed by atoms with Crippen LogP contribution in [0.1, 0.15) is 23.2 Å². The Hall–Kier alpha value is -0.880. The van der Waals surface area contributed by atoms with E-state index >= 15 is 0 Å². The topological polar surface area (TPSA) is 42.9 Å². The van der Waals surface area contributed by atoms with Crippen molar-refractivity contribution >= 4 is 29.0 Å². The molecule has 0 amide bonds. The lowest BCUT2D eigenvalue weighted by Crippen LogP contribution is -2.11. The molecule has 0 spiro atoms. The van der Waals surface area contributed by atoms with Crippen LogP contribution in [0.3, 0.4) is 0 Å². The minimum absolute atomic E-state index is 0.157. The highest BCUT2D eigenvalue weighted by Crippen LogP contribution is 2.24. The average Bonchev–Trinajstić information content (AvgIpc) is 2.13. The van der Waals surface area contributed by atoms with Crippen molar-refractivity contribution < 1.29 is 18.0 Å². The number of nitrogens with zero attached hydrogens (tertiary/aromatic N) is 2. The Labute approximate surface area is 98.6 Å². The minimum Gasteiger partial charge on any atom is -0.294 e. The Kier molecular flexibility index (Phi) is 4.09. The lowest BCUT2D eigenvalue weighted by atomic mass is 10.1. The van der Waals surface area contributed by atoms with E-state index in [1.54, 1.807) is 0 Å². The van der Waals surface area contributed by atoms with Gasteiger partial charge in [0, 0.05) is 12.6 Å². The highest BCUT2D eigenvalue weighted by molar-refractivity contribution is 6.34. The van der Waals surface area contributed by atoms with Gasteiger partial charge in [0.25, 0.3) is 0 Å². The fourth-order valence-electron chi connectivity index (χ4n) is 0.918. The van der Waals surface area contributed by atoms with Gasteiger partial charge in [-0.2, -0.15) is 13.2 Å². The molecule has 1 rings (SSSR count). The van der Waals surface area contributed by atoms with Crippen LogP contribution in [-0.4, -0.2) is 21.9 Å². The minimum atomic E-state index is -4.38. The van der Waals surface area contributed by atoms with E-state index in [1.165, 1.54) is 0 Å². The van der Waals surface area contributed by atoms with E-state index in [1.807, 2.05) is 0 Å². The molecular weight excluding hydrogens is 268 g/mol. The summed E-state index contributed by atoms with van der Waals surface area (Å²) in [6.45, 7) is 0. The molecule has 0 saturated heterocycles. The first-order valence-corrected chi connectivity index (χ1v) is 4.83. The van der Waals surface area contributed by atoms with E-state index in [0.717, 1.165) is 6.20 Å². The summed E-state index contributed by atoms with van der Waals surface area (Å²) in [5, 5.41) is -0.412. The molecule has 8 heteroatoms. The van der Waals surface area contributed by atoms with Crippen LogP contribution < -0.4 is 0 Å². The van der Waals surface area contributed by atoms with Gasteiger partial charge in [-0.05, 0) is 11.6 Å². The van der Waals surface area contributed by atoms with Crippen LogP contribution in [0.5, 0.6) is 0 Å². The van der Waals surface area contributed by atoms with Gasteiger partial charge >= 0.3 is 6.18 Å². The summed E-state index contributed by atoms with van der Waals surface area (Å²) >= 11 is 10.9. The molecule has 0 bridgehead atoms. The first-order valence-electron chi connectivity index (χ1n) is 4.07. The third-order valence-electron chi connectivity index (χ3n) is 1.65. The SMILES string of the molecule is O=C(CCC(F)(F)F)c1cnc(Cl)nc1Cl. The number of carbonyl (C=O) groups excluding carboxylic acids is 1. The second-order valence-electron chi connectivity index (χ2n) is 2.88. The van der Waals surface area contributed by atoms with Crippen LogP contribution >= 0.6 is 23.2 Å². The van der Waals surface area contributed by atoms with E-state index < -0.39 is 24.8 Å². The third kappa shape index (κ3) is 3.94. The second-order valence-corrected chi connectivity index (χ2v) is 3.58. The van der Waals surface area contributed by atoms with Gasteiger partial charge in [-0.3, -0.25) is 4.79 Å². The summed E-state index contributed by atoms with van der Waals surface area (Å²) in [5.41, 5.74) is -0.157. The van der Waals surface area contributed by atoms with Crippen LogP contribution in [0, 0.1) is 0 Å². The number of Topliss-reactive ketones (excluding diaryl/α,β-unsaturated/α-hetero) is 1. The van der Waals surface area contributed by atoms with Crippen molar-refractivity contribution in [3.63, 3.8) is 0 Å². The van der Waals surface area contributed by atoms with Crippen molar-refractivity contribution in [1.29, 1.82) is 0 Å². The zero-order valence-electron chi connectivity index (χ0n) is 7.68. The second kappa shape index (κ2) is 4.97. The van der Waals surface area contributed by atoms with E-state index in [2.05, 4.69) is 9.97 Å². The van der Waals surface area contributed by atoms with Gasteiger partial charge in [-0.15, -0.1) is 0 Å². The Morgan fingerprint density at radius 2 is 2.00 bits per heavy atom. The number of ketones is 1. The Morgan fingerprint density at radius 1 is 1.38 bits per heavy atom. The van der Waals surface area contributed by atoms with E-state index in [0.29, 0.717) is 0 Å². The third-order valence-corrected chi connectivity index (χ3v) is 2.12. The predicted octanol–water partition coefficient (Wildman–Crippen LogP) is 3.31. The van der Waals surface area contributed by atoms with Gasteiger partial charge < -0.3 is 0 Å².